The van der Waals surface area contributed by atoms with Crippen LogP contribution in [0.15, 0.2) is 24.3 Å². The summed E-state index contributed by atoms with van der Waals surface area (Å²) in [6.45, 7) is 6.40. The number of aromatic carboxylic acids is 1. The second kappa shape index (κ2) is 7.26. The Morgan fingerprint density at radius 1 is 1.35 bits per heavy atom. The zero-order chi connectivity index (χ0) is 14.4. The van der Waals surface area contributed by atoms with Crippen molar-refractivity contribution in [2.24, 2.45) is 0 Å². The fraction of sp³-hybridized carbons (Fsp3) is 0.533. The van der Waals surface area contributed by atoms with Gasteiger partial charge in [0.05, 0.1) is 25.4 Å². The number of carboxylic acids is 1. The SMILES string of the molecule is CC(CCOc1ccc(C(=O)O)cc1)N1CCOCC1. The molecule has 0 amide bonds. The summed E-state index contributed by atoms with van der Waals surface area (Å²) in [5.74, 6) is -0.207. The van der Waals surface area contributed by atoms with Crippen LogP contribution in [-0.2, 0) is 4.74 Å². The number of carboxylic acid groups (broad SMARTS) is 1. The van der Waals surface area contributed by atoms with Crippen molar-refractivity contribution in [1.82, 2.24) is 4.90 Å². The molecule has 1 saturated heterocycles. The minimum atomic E-state index is -0.919. The zero-order valence-corrected chi connectivity index (χ0v) is 11.7. The molecule has 0 aromatic heterocycles. The zero-order valence-electron chi connectivity index (χ0n) is 11.7. The Labute approximate surface area is 119 Å². The molecule has 5 heteroatoms. The molecule has 1 aliphatic rings. The fourth-order valence-electron chi connectivity index (χ4n) is 2.24. The maximum atomic E-state index is 10.7. The van der Waals surface area contributed by atoms with Gasteiger partial charge in [-0.1, -0.05) is 0 Å². The molecule has 1 aliphatic heterocycles. The van der Waals surface area contributed by atoms with Gasteiger partial charge in [-0.05, 0) is 37.6 Å². The van der Waals surface area contributed by atoms with Gasteiger partial charge >= 0.3 is 5.97 Å². The van der Waals surface area contributed by atoms with E-state index in [1.165, 1.54) is 0 Å². The molecule has 1 unspecified atom stereocenters. The molecule has 0 spiro atoms. The number of hydrogen-bond donors (Lipinski definition) is 1. The van der Waals surface area contributed by atoms with Gasteiger partial charge in [-0.25, -0.2) is 4.79 Å². The van der Waals surface area contributed by atoms with Gasteiger partial charge in [0.1, 0.15) is 5.75 Å². The molecule has 0 saturated carbocycles. The van der Waals surface area contributed by atoms with E-state index in [9.17, 15) is 4.79 Å². The van der Waals surface area contributed by atoms with Crippen LogP contribution < -0.4 is 4.74 Å². The first-order chi connectivity index (χ1) is 9.66. The van der Waals surface area contributed by atoms with Crippen molar-refractivity contribution < 1.29 is 19.4 Å². The minimum Gasteiger partial charge on any atom is -0.494 e. The third kappa shape index (κ3) is 4.21. The van der Waals surface area contributed by atoms with Gasteiger partial charge in [0.2, 0.25) is 0 Å². The molecule has 0 aliphatic carbocycles. The van der Waals surface area contributed by atoms with Crippen molar-refractivity contribution in [2.75, 3.05) is 32.9 Å². The summed E-state index contributed by atoms with van der Waals surface area (Å²) in [4.78, 5) is 13.1. The highest BCUT2D eigenvalue weighted by molar-refractivity contribution is 5.87. The second-order valence-corrected chi connectivity index (χ2v) is 4.96. The molecular weight excluding hydrogens is 258 g/mol. The van der Waals surface area contributed by atoms with Crippen molar-refractivity contribution in [3.63, 3.8) is 0 Å². The summed E-state index contributed by atoms with van der Waals surface area (Å²) in [5.41, 5.74) is 0.277. The number of hydrogen-bond acceptors (Lipinski definition) is 4. The minimum absolute atomic E-state index is 0.277. The molecular formula is C15H21NO4. The number of carbonyl (C=O) groups is 1. The van der Waals surface area contributed by atoms with E-state index in [2.05, 4.69) is 11.8 Å². The van der Waals surface area contributed by atoms with Crippen LogP contribution in [0.25, 0.3) is 0 Å². The van der Waals surface area contributed by atoms with Gasteiger partial charge in [-0.2, -0.15) is 0 Å². The summed E-state index contributed by atoms with van der Waals surface area (Å²) in [7, 11) is 0. The summed E-state index contributed by atoms with van der Waals surface area (Å²) in [6.07, 6.45) is 0.945. The van der Waals surface area contributed by atoms with Crippen molar-refractivity contribution in [3.05, 3.63) is 29.8 Å². The van der Waals surface area contributed by atoms with Crippen LogP contribution in [0.3, 0.4) is 0 Å². The Morgan fingerprint density at radius 3 is 2.60 bits per heavy atom. The third-order valence-corrected chi connectivity index (χ3v) is 3.57. The van der Waals surface area contributed by atoms with Crippen LogP contribution in [0.4, 0.5) is 0 Å². The lowest BCUT2D eigenvalue weighted by Crippen LogP contribution is -2.42. The average Bonchev–Trinajstić information content (AvgIpc) is 2.48. The lowest BCUT2D eigenvalue weighted by molar-refractivity contribution is 0.0161. The quantitative estimate of drug-likeness (QED) is 0.861. The first-order valence-corrected chi connectivity index (χ1v) is 6.95. The highest BCUT2D eigenvalue weighted by Crippen LogP contribution is 2.14. The van der Waals surface area contributed by atoms with Crippen molar-refractivity contribution in [1.29, 1.82) is 0 Å². The number of morpholine rings is 1. The molecule has 1 atom stereocenters. The average molecular weight is 279 g/mol. The number of nitrogens with zero attached hydrogens (tertiary/aromatic N) is 1. The molecule has 1 fully saturated rings. The molecule has 5 nitrogen and oxygen atoms in total. The highest BCUT2D eigenvalue weighted by Gasteiger charge is 2.16. The maximum Gasteiger partial charge on any atom is 0.335 e. The Kier molecular flexibility index (Phi) is 5.38. The van der Waals surface area contributed by atoms with Gasteiger partial charge in [0, 0.05) is 19.1 Å². The monoisotopic (exact) mass is 279 g/mol. The van der Waals surface area contributed by atoms with E-state index in [1.54, 1.807) is 24.3 Å². The van der Waals surface area contributed by atoms with Gasteiger partial charge in [0.15, 0.2) is 0 Å². The topological polar surface area (TPSA) is 59.0 Å². The van der Waals surface area contributed by atoms with E-state index in [0.29, 0.717) is 18.4 Å². The summed E-state index contributed by atoms with van der Waals surface area (Å²) in [5, 5.41) is 8.81. The van der Waals surface area contributed by atoms with E-state index in [4.69, 9.17) is 14.6 Å². The second-order valence-electron chi connectivity index (χ2n) is 4.96. The Bertz CT molecular complexity index is 426. The van der Waals surface area contributed by atoms with Crippen LogP contribution in [0.1, 0.15) is 23.7 Å². The third-order valence-electron chi connectivity index (χ3n) is 3.57. The predicted molar refractivity (Wildman–Crippen MR) is 75.4 cm³/mol. The standard InChI is InChI=1S/C15H21NO4/c1-12(16-7-10-19-11-8-16)6-9-20-14-4-2-13(3-5-14)15(17)18/h2-5,12H,6-11H2,1H3,(H,17,18). The summed E-state index contributed by atoms with van der Waals surface area (Å²) in [6, 6.07) is 6.98. The molecule has 1 aromatic rings. The van der Waals surface area contributed by atoms with Gasteiger partial charge in [-0.15, -0.1) is 0 Å². The molecule has 2 rings (SSSR count). The van der Waals surface area contributed by atoms with E-state index >= 15 is 0 Å². The van der Waals surface area contributed by atoms with Crippen molar-refractivity contribution in [2.45, 2.75) is 19.4 Å². The highest BCUT2D eigenvalue weighted by atomic mass is 16.5. The molecule has 0 bridgehead atoms. The van der Waals surface area contributed by atoms with E-state index in [1.807, 2.05) is 0 Å². The first kappa shape index (κ1) is 14.8. The lowest BCUT2D eigenvalue weighted by atomic mass is 10.2. The summed E-state index contributed by atoms with van der Waals surface area (Å²) >= 11 is 0. The Hall–Kier alpha value is -1.59. The predicted octanol–water partition coefficient (Wildman–Crippen LogP) is 1.87. The van der Waals surface area contributed by atoms with Crippen molar-refractivity contribution >= 4 is 5.97 Å². The summed E-state index contributed by atoms with van der Waals surface area (Å²) < 4.78 is 11.0. The number of ether oxygens (including phenoxy) is 2. The molecule has 1 heterocycles. The van der Waals surface area contributed by atoms with Crippen LogP contribution in [0, 0.1) is 0 Å². The smallest absolute Gasteiger partial charge is 0.335 e. The van der Waals surface area contributed by atoms with Crippen molar-refractivity contribution in [3.8, 4) is 5.75 Å². The largest absolute Gasteiger partial charge is 0.494 e. The molecule has 1 N–H and O–H groups in total. The fourth-order valence-corrected chi connectivity index (χ4v) is 2.24. The first-order valence-electron chi connectivity index (χ1n) is 6.95. The molecule has 20 heavy (non-hydrogen) atoms. The Morgan fingerprint density at radius 2 is 2.00 bits per heavy atom. The van der Waals surface area contributed by atoms with Crippen LogP contribution in [-0.4, -0.2) is 54.9 Å². The number of rotatable bonds is 6. The normalized spacial score (nSPS) is 17.6. The van der Waals surface area contributed by atoms with Crippen LogP contribution >= 0.6 is 0 Å². The van der Waals surface area contributed by atoms with Gasteiger partial charge in [0.25, 0.3) is 0 Å². The van der Waals surface area contributed by atoms with E-state index < -0.39 is 5.97 Å². The van der Waals surface area contributed by atoms with Crippen LogP contribution in [0.2, 0.25) is 0 Å². The van der Waals surface area contributed by atoms with Gasteiger partial charge < -0.3 is 14.6 Å². The Balaban J connectivity index is 1.73. The van der Waals surface area contributed by atoms with E-state index in [-0.39, 0.29) is 5.56 Å². The molecule has 1 aromatic carbocycles. The van der Waals surface area contributed by atoms with Crippen LogP contribution in [0.5, 0.6) is 5.75 Å². The molecule has 110 valence electrons. The lowest BCUT2D eigenvalue weighted by Gasteiger charge is -2.32. The van der Waals surface area contributed by atoms with E-state index in [0.717, 1.165) is 32.7 Å². The number of benzene rings is 1. The van der Waals surface area contributed by atoms with Gasteiger partial charge in [-0.3, -0.25) is 4.90 Å². The maximum absolute atomic E-state index is 10.7. The molecule has 0 radical (unpaired) electrons.